The normalized spacial score (nSPS) is 14.5. The molecule has 0 radical (unpaired) electrons. The molecule has 3 N–H and O–H groups in total. The summed E-state index contributed by atoms with van der Waals surface area (Å²) in [5.41, 5.74) is 1.03. The predicted molar refractivity (Wildman–Crippen MR) is 79.3 cm³/mol. The molecule has 0 saturated carbocycles. The average Bonchev–Trinajstić information content (AvgIpc) is 2.77. The van der Waals surface area contributed by atoms with Gasteiger partial charge in [0.25, 0.3) is 0 Å². The molecule has 19 heavy (non-hydrogen) atoms. The molecule has 1 aromatic carbocycles. The van der Waals surface area contributed by atoms with Crippen LogP contribution in [0.15, 0.2) is 36.7 Å². The molecule has 0 atom stereocenters. The van der Waals surface area contributed by atoms with Crippen molar-refractivity contribution < 1.29 is 31.6 Å². The Hall–Kier alpha value is 0.127. The minimum absolute atomic E-state index is 0.194. The van der Waals surface area contributed by atoms with Crippen LogP contribution in [0.5, 0.6) is 0 Å². The van der Waals surface area contributed by atoms with Gasteiger partial charge < -0.3 is 24.2 Å². The molecule has 0 saturated heterocycles. The van der Waals surface area contributed by atoms with Gasteiger partial charge >= 0.3 is 45.1 Å². The fraction of sp³-hybridized carbons (Fsp3) is 0.182. The molecule has 2 rings (SSSR count). The zero-order valence-corrected chi connectivity index (χ0v) is 14.8. The molecule has 110 valence electrons. The van der Waals surface area contributed by atoms with Gasteiger partial charge in [0.1, 0.15) is 0 Å². The first-order chi connectivity index (χ1) is 8.95. The Kier molecular flexibility index (Phi) is 7.04. The van der Waals surface area contributed by atoms with E-state index in [0.717, 1.165) is 5.56 Å². The summed E-state index contributed by atoms with van der Waals surface area (Å²) in [6.45, 7) is 2.66. The Morgan fingerprint density at radius 3 is 2.16 bits per heavy atom. The Morgan fingerprint density at radius 2 is 1.74 bits per heavy atom. The molecule has 1 heterocycles. The van der Waals surface area contributed by atoms with Crippen LogP contribution < -0.4 is 5.19 Å². The number of rotatable bonds is 3. The number of halogens is 1. The first-order valence-corrected chi connectivity index (χ1v) is 11.6. The van der Waals surface area contributed by atoms with Crippen molar-refractivity contribution in [2.75, 3.05) is 7.05 Å². The summed E-state index contributed by atoms with van der Waals surface area (Å²) in [4.78, 5) is 31.3. The molecule has 0 amide bonds. The maximum atomic E-state index is 9.11. The maximum absolute atomic E-state index is 9.11. The third kappa shape index (κ3) is 5.56. The van der Waals surface area contributed by atoms with Crippen LogP contribution in [0, 0.1) is 6.67 Å². The Labute approximate surface area is 136 Å². The van der Waals surface area contributed by atoms with E-state index in [1.807, 2.05) is 54.9 Å². The van der Waals surface area contributed by atoms with Gasteiger partial charge in [-0.1, -0.05) is 24.3 Å². The molecule has 0 unspecified atom stereocenters. The zero-order valence-electron chi connectivity index (χ0n) is 10.2. The first-order valence-electron chi connectivity index (χ1n) is 5.34. The molecule has 0 bridgehead atoms. The summed E-state index contributed by atoms with van der Waals surface area (Å²) >= 11 is 4.88. The van der Waals surface area contributed by atoms with Crippen LogP contribution in [0.25, 0.3) is 0 Å². The van der Waals surface area contributed by atoms with Gasteiger partial charge in [0, 0.05) is 11.7 Å². The van der Waals surface area contributed by atoms with E-state index in [4.69, 9.17) is 14.4 Å². The number of nitrogens with zero attached hydrogens (tertiary/aromatic N) is 2. The molecular weight excluding hydrogens is 471 g/mol. The quantitative estimate of drug-likeness (QED) is 0.320. The second-order valence-corrected chi connectivity index (χ2v) is 5.93. The molecule has 0 spiro atoms. The van der Waals surface area contributed by atoms with Crippen LogP contribution in [-0.2, 0) is 23.8 Å². The van der Waals surface area contributed by atoms with Gasteiger partial charge in [-0.2, -0.15) is 6.67 Å². The summed E-state index contributed by atoms with van der Waals surface area (Å²) < 4.78 is 0. The Bertz CT molecular complexity index is 425. The SMILES string of the molecule is CN1C=CN(Cc2ccc([Si](O)(O)O)cc2)[CH-]1.[Ag][I]. The third-order valence-corrected chi connectivity index (χ3v) is 3.64. The van der Waals surface area contributed by atoms with Crippen molar-refractivity contribution in [2.45, 2.75) is 6.54 Å². The zero-order chi connectivity index (χ0) is 14.5. The number of hydrogen-bond acceptors (Lipinski definition) is 5. The predicted octanol–water partition coefficient (Wildman–Crippen LogP) is 0.0305. The van der Waals surface area contributed by atoms with Gasteiger partial charge in [-0.05, 0) is 25.0 Å². The van der Waals surface area contributed by atoms with E-state index < -0.39 is 8.80 Å². The standard InChI is InChI=1S/C11H15N2O3Si.Ag.HI/c1-12-6-7-13(9-12)8-10-2-4-11(5-3-10)17(14,15)16;;/h2-7,9,14-16H,8H2,1H3;;1H/q-1;+1;/p-1. The second kappa shape index (κ2) is 7.79. The van der Waals surface area contributed by atoms with Gasteiger partial charge in [0.15, 0.2) is 0 Å². The van der Waals surface area contributed by atoms with Gasteiger partial charge in [-0.3, -0.25) is 0 Å². The Morgan fingerprint density at radius 1 is 1.16 bits per heavy atom. The van der Waals surface area contributed by atoms with Crippen LogP contribution in [0.1, 0.15) is 5.56 Å². The minimum atomic E-state index is -4.16. The van der Waals surface area contributed by atoms with Gasteiger partial charge in [0.2, 0.25) is 0 Å². The van der Waals surface area contributed by atoms with E-state index in [-0.39, 0.29) is 5.19 Å². The van der Waals surface area contributed by atoms with Crippen LogP contribution in [0.4, 0.5) is 0 Å². The summed E-state index contributed by atoms with van der Waals surface area (Å²) in [6, 6.07) is 6.65. The van der Waals surface area contributed by atoms with Crippen molar-refractivity contribution in [3.8, 4) is 0 Å². The molecule has 1 aliphatic heterocycles. The van der Waals surface area contributed by atoms with Crippen molar-refractivity contribution in [2.24, 2.45) is 0 Å². The second-order valence-electron chi connectivity index (χ2n) is 4.08. The van der Waals surface area contributed by atoms with Crippen molar-refractivity contribution >= 4 is 33.0 Å². The topological polar surface area (TPSA) is 67.2 Å². The van der Waals surface area contributed by atoms with Crippen molar-refractivity contribution in [3.63, 3.8) is 0 Å². The van der Waals surface area contributed by atoms with E-state index in [2.05, 4.69) is 17.3 Å². The molecule has 5 nitrogen and oxygen atoms in total. The van der Waals surface area contributed by atoms with E-state index in [1.165, 1.54) is 0 Å². The summed E-state index contributed by atoms with van der Waals surface area (Å²) in [5.74, 6) is 0. The first kappa shape index (κ1) is 17.2. The number of hydrogen-bond donors (Lipinski definition) is 3. The molecular formula is C11H15AgIN2O3Si-. The summed E-state index contributed by atoms with van der Waals surface area (Å²) in [7, 11) is -2.21. The Balaban J connectivity index is 0.000000861. The summed E-state index contributed by atoms with van der Waals surface area (Å²) in [6.07, 6.45) is 3.90. The van der Waals surface area contributed by atoms with Crippen LogP contribution in [0.2, 0.25) is 0 Å². The summed E-state index contributed by atoms with van der Waals surface area (Å²) in [5, 5.41) is 0.194. The van der Waals surface area contributed by atoms with Gasteiger partial charge in [-0.25, -0.2) is 0 Å². The van der Waals surface area contributed by atoms with Gasteiger partial charge in [0.05, 0.1) is 0 Å². The van der Waals surface area contributed by atoms with E-state index in [1.54, 1.807) is 24.3 Å². The molecule has 0 fully saturated rings. The molecule has 0 aliphatic carbocycles. The van der Waals surface area contributed by atoms with E-state index in [0.29, 0.717) is 6.54 Å². The van der Waals surface area contributed by atoms with Crippen LogP contribution in [-0.4, -0.2) is 40.0 Å². The van der Waals surface area contributed by atoms with Crippen molar-refractivity contribution in [1.29, 1.82) is 0 Å². The fourth-order valence-electron chi connectivity index (χ4n) is 1.64. The van der Waals surface area contributed by atoms with Crippen molar-refractivity contribution in [3.05, 3.63) is 48.9 Å². The van der Waals surface area contributed by atoms with Crippen LogP contribution >= 0.6 is 19.0 Å². The van der Waals surface area contributed by atoms with Crippen LogP contribution in [0.3, 0.4) is 0 Å². The van der Waals surface area contributed by atoms with Crippen molar-refractivity contribution in [1.82, 2.24) is 9.80 Å². The molecule has 1 aliphatic rings. The fourth-order valence-corrected chi connectivity index (χ4v) is 2.25. The monoisotopic (exact) mass is 485 g/mol. The molecule has 1 aromatic rings. The molecule has 0 aromatic heterocycles. The van der Waals surface area contributed by atoms with E-state index in [9.17, 15) is 0 Å². The van der Waals surface area contributed by atoms with Gasteiger partial charge in [-0.15, -0.1) is 0 Å². The third-order valence-electron chi connectivity index (χ3n) is 2.53. The number of benzene rings is 1. The average molecular weight is 486 g/mol. The molecule has 8 heteroatoms. The van der Waals surface area contributed by atoms with E-state index >= 15 is 0 Å².